The van der Waals surface area contributed by atoms with Gasteiger partial charge in [0.25, 0.3) is 5.91 Å². The van der Waals surface area contributed by atoms with Crippen LogP contribution in [0.25, 0.3) is 0 Å². The van der Waals surface area contributed by atoms with Crippen molar-refractivity contribution in [2.75, 3.05) is 10.2 Å². The van der Waals surface area contributed by atoms with E-state index in [0.717, 1.165) is 22.4 Å². The SMILES string of the molecule is Cc1cc(C)cc(N2C(=O)CC(Nc3ccccc3C)C2=O)c1. The second kappa shape index (κ2) is 5.88. The van der Waals surface area contributed by atoms with Crippen LogP contribution in [-0.4, -0.2) is 17.9 Å². The van der Waals surface area contributed by atoms with Crippen molar-refractivity contribution in [2.45, 2.75) is 33.2 Å². The molecule has 3 rings (SSSR count). The number of para-hydroxylation sites is 1. The maximum Gasteiger partial charge on any atom is 0.256 e. The van der Waals surface area contributed by atoms with Crippen LogP contribution in [0.3, 0.4) is 0 Å². The lowest BCUT2D eigenvalue weighted by Gasteiger charge is -2.18. The summed E-state index contributed by atoms with van der Waals surface area (Å²) < 4.78 is 0. The molecule has 1 saturated heterocycles. The number of hydrogen-bond acceptors (Lipinski definition) is 3. The van der Waals surface area contributed by atoms with Crippen LogP contribution in [0.5, 0.6) is 0 Å². The first-order chi connectivity index (χ1) is 11.0. The number of amides is 2. The Bertz CT molecular complexity index is 762. The van der Waals surface area contributed by atoms with E-state index in [0.29, 0.717) is 5.69 Å². The molecule has 2 aromatic rings. The van der Waals surface area contributed by atoms with Gasteiger partial charge in [-0.2, -0.15) is 0 Å². The van der Waals surface area contributed by atoms with Crippen LogP contribution >= 0.6 is 0 Å². The molecule has 4 heteroatoms. The minimum Gasteiger partial charge on any atom is -0.373 e. The summed E-state index contributed by atoms with van der Waals surface area (Å²) in [5.41, 5.74) is 4.68. The molecule has 1 heterocycles. The Labute approximate surface area is 136 Å². The second-order valence-corrected chi connectivity index (χ2v) is 6.13. The van der Waals surface area contributed by atoms with Crippen molar-refractivity contribution in [1.29, 1.82) is 0 Å². The molecule has 118 valence electrons. The van der Waals surface area contributed by atoms with Gasteiger partial charge in [-0.25, -0.2) is 4.90 Å². The Morgan fingerprint density at radius 3 is 2.30 bits per heavy atom. The Hall–Kier alpha value is -2.62. The first kappa shape index (κ1) is 15.3. The number of anilines is 2. The third-order valence-electron chi connectivity index (χ3n) is 4.09. The summed E-state index contributed by atoms with van der Waals surface area (Å²) in [5.74, 6) is -0.352. The van der Waals surface area contributed by atoms with E-state index in [1.54, 1.807) is 0 Å². The predicted octanol–water partition coefficient (Wildman–Crippen LogP) is 3.36. The summed E-state index contributed by atoms with van der Waals surface area (Å²) in [7, 11) is 0. The van der Waals surface area contributed by atoms with E-state index in [1.165, 1.54) is 4.90 Å². The average Bonchev–Trinajstić information content (AvgIpc) is 2.75. The first-order valence-corrected chi connectivity index (χ1v) is 7.73. The van der Waals surface area contributed by atoms with Gasteiger partial charge in [-0.3, -0.25) is 9.59 Å². The van der Waals surface area contributed by atoms with Gasteiger partial charge in [0, 0.05) is 5.69 Å². The molecule has 1 fully saturated rings. The molecule has 0 bridgehead atoms. The van der Waals surface area contributed by atoms with Gasteiger partial charge in [0.1, 0.15) is 6.04 Å². The van der Waals surface area contributed by atoms with Crippen LogP contribution in [0.1, 0.15) is 23.1 Å². The molecule has 0 spiro atoms. The van der Waals surface area contributed by atoms with E-state index in [-0.39, 0.29) is 18.2 Å². The molecule has 0 aliphatic carbocycles. The third kappa shape index (κ3) is 2.97. The Kier molecular flexibility index (Phi) is 3.90. The van der Waals surface area contributed by atoms with Crippen molar-refractivity contribution in [1.82, 2.24) is 0 Å². The number of nitrogens with one attached hydrogen (secondary N) is 1. The average molecular weight is 308 g/mol. The van der Waals surface area contributed by atoms with E-state index in [1.807, 2.05) is 63.2 Å². The molecule has 2 aromatic carbocycles. The Balaban J connectivity index is 1.87. The topological polar surface area (TPSA) is 49.4 Å². The number of aryl methyl sites for hydroxylation is 3. The summed E-state index contributed by atoms with van der Waals surface area (Å²) in [6, 6.07) is 13.0. The molecule has 1 unspecified atom stereocenters. The van der Waals surface area contributed by atoms with Gasteiger partial charge >= 0.3 is 0 Å². The summed E-state index contributed by atoms with van der Waals surface area (Å²) >= 11 is 0. The van der Waals surface area contributed by atoms with E-state index >= 15 is 0 Å². The zero-order valence-corrected chi connectivity index (χ0v) is 13.6. The number of carbonyl (C=O) groups is 2. The van der Waals surface area contributed by atoms with E-state index < -0.39 is 6.04 Å². The maximum atomic E-state index is 12.7. The van der Waals surface area contributed by atoms with Crippen molar-refractivity contribution in [3.8, 4) is 0 Å². The lowest BCUT2D eigenvalue weighted by molar-refractivity contribution is -0.121. The second-order valence-electron chi connectivity index (χ2n) is 6.13. The lowest BCUT2D eigenvalue weighted by atomic mass is 10.1. The molecular formula is C19H20N2O2. The number of carbonyl (C=O) groups excluding carboxylic acids is 2. The molecule has 1 aliphatic rings. The molecule has 0 radical (unpaired) electrons. The molecule has 1 aliphatic heterocycles. The van der Waals surface area contributed by atoms with Crippen molar-refractivity contribution in [3.05, 3.63) is 59.2 Å². The molecule has 1 N–H and O–H groups in total. The normalized spacial score (nSPS) is 17.7. The highest BCUT2D eigenvalue weighted by molar-refractivity contribution is 6.23. The number of rotatable bonds is 3. The van der Waals surface area contributed by atoms with E-state index in [9.17, 15) is 9.59 Å². The largest absolute Gasteiger partial charge is 0.373 e. The summed E-state index contributed by atoms with van der Waals surface area (Å²) in [6.45, 7) is 5.90. The Morgan fingerprint density at radius 1 is 1.00 bits per heavy atom. The van der Waals surface area contributed by atoms with Crippen LogP contribution in [0.15, 0.2) is 42.5 Å². The van der Waals surface area contributed by atoms with Crippen molar-refractivity contribution in [3.63, 3.8) is 0 Å². The van der Waals surface area contributed by atoms with Gasteiger partial charge in [-0.15, -0.1) is 0 Å². The molecule has 2 amide bonds. The van der Waals surface area contributed by atoms with Crippen LogP contribution in [0, 0.1) is 20.8 Å². The molecular weight excluding hydrogens is 288 g/mol. The fourth-order valence-electron chi connectivity index (χ4n) is 3.02. The molecule has 4 nitrogen and oxygen atoms in total. The molecule has 1 atom stereocenters. The molecule has 0 aromatic heterocycles. The highest BCUT2D eigenvalue weighted by atomic mass is 16.2. The fraction of sp³-hybridized carbons (Fsp3) is 0.263. The number of imide groups is 1. The third-order valence-corrected chi connectivity index (χ3v) is 4.09. The molecule has 23 heavy (non-hydrogen) atoms. The highest BCUT2D eigenvalue weighted by Crippen LogP contribution is 2.27. The lowest BCUT2D eigenvalue weighted by Crippen LogP contribution is -2.35. The number of hydrogen-bond donors (Lipinski definition) is 1. The van der Waals surface area contributed by atoms with Gasteiger partial charge in [-0.05, 0) is 55.7 Å². The van der Waals surface area contributed by atoms with Crippen LogP contribution in [0.4, 0.5) is 11.4 Å². The maximum absolute atomic E-state index is 12.7. The molecule has 0 saturated carbocycles. The highest BCUT2D eigenvalue weighted by Gasteiger charge is 2.39. The monoisotopic (exact) mass is 308 g/mol. The standard InChI is InChI=1S/C19H20N2O2/c1-12-8-13(2)10-15(9-12)21-18(22)11-17(19(21)23)20-16-7-5-4-6-14(16)3/h4-10,17,20H,11H2,1-3H3. The summed E-state index contributed by atoms with van der Waals surface area (Å²) in [6.07, 6.45) is 0.181. The van der Waals surface area contributed by atoms with Gasteiger partial charge in [0.2, 0.25) is 5.91 Å². The minimum atomic E-state index is -0.510. The van der Waals surface area contributed by atoms with Crippen molar-refractivity contribution in [2.24, 2.45) is 0 Å². The van der Waals surface area contributed by atoms with Crippen LogP contribution in [0.2, 0.25) is 0 Å². The van der Waals surface area contributed by atoms with E-state index in [4.69, 9.17) is 0 Å². The fourth-order valence-corrected chi connectivity index (χ4v) is 3.02. The van der Waals surface area contributed by atoms with Crippen molar-refractivity contribution >= 4 is 23.2 Å². The number of benzene rings is 2. The minimum absolute atomic E-state index is 0.161. The first-order valence-electron chi connectivity index (χ1n) is 7.73. The summed E-state index contributed by atoms with van der Waals surface area (Å²) in [4.78, 5) is 26.4. The smallest absolute Gasteiger partial charge is 0.256 e. The van der Waals surface area contributed by atoms with E-state index in [2.05, 4.69) is 5.32 Å². The number of nitrogens with zero attached hydrogens (tertiary/aromatic N) is 1. The van der Waals surface area contributed by atoms with Crippen LogP contribution in [-0.2, 0) is 9.59 Å². The van der Waals surface area contributed by atoms with Crippen molar-refractivity contribution < 1.29 is 9.59 Å². The van der Waals surface area contributed by atoms with Gasteiger partial charge < -0.3 is 5.32 Å². The zero-order valence-electron chi connectivity index (χ0n) is 13.6. The van der Waals surface area contributed by atoms with Gasteiger partial charge in [0.15, 0.2) is 0 Å². The van der Waals surface area contributed by atoms with Crippen LogP contribution < -0.4 is 10.2 Å². The van der Waals surface area contributed by atoms with Gasteiger partial charge in [0.05, 0.1) is 12.1 Å². The Morgan fingerprint density at radius 2 is 1.65 bits per heavy atom. The quantitative estimate of drug-likeness (QED) is 0.885. The predicted molar refractivity (Wildman–Crippen MR) is 91.6 cm³/mol. The zero-order chi connectivity index (χ0) is 16.6. The van der Waals surface area contributed by atoms with Gasteiger partial charge in [-0.1, -0.05) is 24.3 Å². The summed E-state index contributed by atoms with van der Waals surface area (Å²) in [5, 5.41) is 3.21.